The molecule has 0 bridgehead atoms. The van der Waals surface area contributed by atoms with Crippen LogP contribution in [0.15, 0.2) is 18.2 Å². The number of carbonyl (C=O) groups is 2. The molecule has 1 aliphatic heterocycles. The number of nitrogens with zero attached hydrogens (tertiary/aromatic N) is 1. The average Bonchev–Trinajstić information content (AvgIpc) is 2.46. The van der Waals surface area contributed by atoms with E-state index in [-0.39, 0.29) is 29.9 Å². The molecule has 1 aromatic rings. The van der Waals surface area contributed by atoms with Crippen LogP contribution in [0, 0.1) is 0 Å². The Bertz CT molecular complexity index is 548. The van der Waals surface area contributed by atoms with Gasteiger partial charge in [0.2, 0.25) is 0 Å². The molecule has 2 N–H and O–H groups in total. The first kappa shape index (κ1) is 15.6. The van der Waals surface area contributed by atoms with E-state index in [9.17, 15) is 9.59 Å². The molecule has 0 aromatic heterocycles. The van der Waals surface area contributed by atoms with Gasteiger partial charge in [0.15, 0.2) is 6.61 Å². The minimum atomic E-state index is -0.633. The maximum absolute atomic E-state index is 12.2. The predicted octanol–water partition coefficient (Wildman–Crippen LogP) is 2.22. The van der Waals surface area contributed by atoms with E-state index in [4.69, 9.17) is 22.1 Å². The lowest BCUT2D eigenvalue weighted by Gasteiger charge is -2.33. The van der Waals surface area contributed by atoms with Crippen LogP contribution in [-0.4, -0.2) is 35.9 Å². The summed E-state index contributed by atoms with van der Waals surface area (Å²) in [5, 5.41) is 0.395. The maximum atomic E-state index is 12.2. The highest BCUT2D eigenvalue weighted by atomic mass is 35.5. The Hall–Kier alpha value is -1.75. The largest absolute Gasteiger partial charge is 0.483 e. The second kappa shape index (κ2) is 6.80. The van der Waals surface area contributed by atoms with Crippen molar-refractivity contribution >= 4 is 23.4 Å². The quantitative estimate of drug-likeness (QED) is 0.926. The van der Waals surface area contributed by atoms with E-state index in [2.05, 4.69) is 0 Å². The molecule has 114 valence electrons. The Morgan fingerprint density at radius 1 is 1.43 bits per heavy atom. The molecule has 0 spiro atoms. The summed E-state index contributed by atoms with van der Waals surface area (Å²) < 4.78 is 5.47. The van der Waals surface area contributed by atoms with Crippen LogP contribution in [0.5, 0.6) is 5.75 Å². The van der Waals surface area contributed by atoms with Crippen LogP contribution in [0.2, 0.25) is 5.02 Å². The minimum absolute atomic E-state index is 0.0763. The molecule has 1 fully saturated rings. The van der Waals surface area contributed by atoms with Gasteiger partial charge >= 0.3 is 0 Å². The van der Waals surface area contributed by atoms with Crippen molar-refractivity contribution in [3.05, 3.63) is 28.8 Å². The molecular formula is C15H19ClN2O3. The van der Waals surface area contributed by atoms with Gasteiger partial charge in [-0.3, -0.25) is 9.59 Å². The molecule has 1 saturated heterocycles. The third-order valence-electron chi connectivity index (χ3n) is 3.68. The highest BCUT2D eigenvalue weighted by Gasteiger charge is 2.23. The molecule has 1 aromatic carbocycles. The highest BCUT2D eigenvalue weighted by Crippen LogP contribution is 2.23. The van der Waals surface area contributed by atoms with E-state index in [1.807, 2.05) is 11.8 Å². The number of primary amides is 1. The fourth-order valence-corrected chi connectivity index (χ4v) is 2.68. The standard InChI is InChI=1S/C15H19ClN2O3/c1-10-4-2-3-7-18(10)14(19)9-21-13-6-5-11(16)8-12(13)15(17)20/h5-6,8,10H,2-4,7,9H2,1H3,(H2,17,20)/t10-/m0/s1. The Labute approximate surface area is 129 Å². The van der Waals surface area contributed by atoms with Gasteiger partial charge < -0.3 is 15.4 Å². The van der Waals surface area contributed by atoms with Crippen molar-refractivity contribution in [2.45, 2.75) is 32.2 Å². The van der Waals surface area contributed by atoms with Crippen LogP contribution >= 0.6 is 11.6 Å². The number of likely N-dealkylation sites (tertiary alicyclic amines) is 1. The number of ether oxygens (including phenoxy) is 1. The first-order chi connectivity index (χ1) is 9.99. The van der Waals surface area contributed by atoms with Crippen molar-refractivity contribution in [2.24, 2.45) is 5.73 Å². The molecule has 0 radical (unpaired) electrons. The van der Waals surface area contributed by atoms with Crippen molar-refractivity contribution in [1.82, 2.24) is 4.90 Å². The number of hydrogen-bond acceptors (Lipinski definition) is 3. The summed E-state index contributed by atoms with van der Waals surface area (Å²) in [5.41, 5.74) is 5.46. The van der Waals surface area contributed by atoms with Crippen molar-refractivity contribution < 1.29 is 14.3 Å². The number of halogens is 1. The third-order valence-corrected chi connectivity index (χ3v) is 3.92. The summed E-state index contributed by atoms with van der Waals surface area (Å²) in [5.74, 6) is -0.427. The zero-order valence-electron chi connectivity index (χ0n) is 12.0. The van der Waals surface area contributed by atoms with E-state index in [1.165, 1.54) is 6.07 Å². The van der Waals surface area contributed by atoms with Crippen molar-refractivity contribution in [3.8, 4) is 5.75 Å². The van der Waals surface area contributed by atoms with Gasteiger partial charge in [0.25, 0.3) is 11.8 Å². The Morgan fingerprint density at radius 2 is 2.19 bits per heavy atom. The molecular weight excluding hydrogens is 292 g/mol. The molecule has 21 heavy (non-hydrogen) atoms. The lowest BCUT2D eigenvalue weighted by atomic mass is 10.0. The van der Waals surface area contributed by atoms with Gasteiger partial charge in [-0.2, -0.15) is 0 Å². The number of amides is 2. The number of carbonyl (C=O) groups excluding carboxylic acids is 2. The smallest absolute Gasteiger partial charge is 0.260 e. The van der Waals surface area contributed by atoms with E-state index in [1.54, 1.807) is 12.1 Å². The normalized spacial score (nSPS) is 18.4. The highest BCUT2D eigenvalue weighted by molar-refractivity contribution is 6.31. The van der Waals surface area contributed by atoms with E-state index >= 15 is 0 Å². The van der Waals surface area contributed by atoms with Crippen LogP contribution in [0.25, 0.3) is 0 Å². The summed E-state index contributed by atoms with van der Waals surface area (Å²) in [7, 11) is 0. The Kier molecular flexibility index (Phi) is 5.07. The lowest BCUT2D eigenvalue weighted by molar-refractivity contribution is -0.136. The molecule has 5 nitrogen and oxygen atoms in total. The molecule has 1 atom stereocenters. The molecule has 6 heteroatoms. The molecule has 0 unspecified atom stereocenters. The van der Waals surface area contributed by atoms with Crippen LogP contribution in [-0.2, 0) is 4.79 Å². The fraction of sp³-hybridized carbons (Fsp3) is 0.467. The topological polar surface area (TPSA) is 72.6 Å². The summed E-state index contributed by atoms with van der Waals surface area (Å²) in [6.07, 6.45) is 3.18. The monoisotopic (exact) mass is 310 g/mol. The predicted molar refractivity (Wildman–Crippen MR) is 80.5 cm³/mol. The summed E-state index contributed by atoms with van der Waals surface area (Å²) in [6, 6.07) is 4.82. The number of benzene rings is 1. The van der Waals surface area contributed by atoms with Crippen LogP contribution in [0.1, 0.15) is 36.5 Å². The van der Waals surface area contributed by atoms with Gasteiger partial charge in [-0.25, -0.2) is 0 Å². The van der Waals surface area contributed by atoms with Crippen molar-refractivity contribution in [3.63, 3.8) is 0 Å². The Balaban J connectivity index is 2.02. The van der Waals surface area contributed by atoms with Gasteiger partial charge in [-0.15, -0.1) is 0 Å². The zero-order valence-corrected chi connectivity index (χ0v) is 12.7. The average molecular weight is 311 g/mol. The molecule has 1 heterocycles. The first-order valence-electron chi connectivity index (χ1n) is 7.00. The summed E-state index contributed by atoms with van der Waals surface area (Å²) in [4.78, 5) is 25.4. The Morgan fingerprint density at radius 3 is 2.86 bits per heavy atom. The summed E-state index contributed by atoms with van der Waals surface area (Å²) >= 11 is 5.83. The molecule has 0 aliphatic carbocycles. The fourth-order valence-electron chi connectivity index (χ4n) is 2.51. The van der Waals surface area contributed by atoms with Gasteiger partial charge in [-0.05, 0) is 44.4 Å². The van der Waals surface area contributed by atoms with Gasteiger partial charge in [0.1, 0.15) is 5.75 Å². The molecule has 1 aliphatic rings. The number of rotatable bonds is 4. The van der Waals surface area contributed by atoms with Gasteiger partial charge in [0.05, 0.1) is 5.56 Å². The van der Waals surface area contributed by atoms with Crippen LogP contribution in [0.4, 0.5) is 0 Å². The maximum Gasteiger partial charge on any atom is 0.260 e. The summed E-state index contributed by atoms with van der Waals surface area (Å²) in [6.45, 7) is 2.69. The minimum Gasteiger partial charge on any atom is -0.483 e. The van der Waals surface area contributed by atoms with Crippen molar-refractivity contribution in [2.75, 3.05) is 13.2 Å². The van der Waals surface area contributed by atoms with E-state index in [0.717, 1.165) is 25.8 Å². The second-order valence-electron chi connectivity index (χ2n) is 5.23. The van der Waals surface area contributed by atoms with E-state index in [0.29, 0.717) is 5.02 Å². The molecule has 2 amide bonds. The van der Waals surface area contributed by atoms with Crippen molar-refractivity contribution in [1.29, 1.82) is 0 Å². The SMILES string of the molecule is C[C@H]1CCCCN1C(=O)COc1ccc(Cl)cc1C(N)=O. The zero-order chi connectivity index (χ0) is 15.4. The number of nitrogens with two attached hydrogens (primary N) is 1. The van der Waals surface area contributed by atoms with Crippen LogP contribution < -0.4 is 10.5 Å². The lowest BCUT2D eigenvalue weighted by Crippen LogP contribution is -2.44. The van der Waals surface area contributed by atoms with Crippen LogP contribution in [0.3, 0.4) is 0 Å². The van der Waals surface area contributed by atoms with E-state index < -0.39 is 5.91 Å². The van der Waals surface area contributed by atoms with Gasteiger partial charge in [0, 0.05) is 17.6 Å². The number of hydrogen-bond donors (Lipinski definition) is 1. The third kappa shape index (κ3) is 3.88. The molecule has 0 saturated carbocycles. The number of piperidine rings is 1. The van der Waals surface area contributed by atoms with Gasteiger partial charge in [-0.1, -0.05) is 11.6 Å². The molecule has 2 rings (SSSR count). The first-order valence-corrected chi connectivity index (χ1v) is 7.38. The second-order valence-corrected chi connectivity index (χ2v) is 5.66.